The van der Waals surface area contributed by atoms with Gasteiger partial charge in [-0.25, -0.2) is 9.48 Å². The molecule has 1 saturated carbocycles. The molecule has 1 aromatic heterocycles. The zero-order valence-corrected chi connectivity index (χ0v) is 15.0. The Kier molecular flexibility index (Phi) is 4.93. The summed E-state index contributed by atoms with van der Waals surface area (Å²) in [5.41, 5.74) is 1.53. The minimum atomic E-state index is -0.865. The molecule has 2 aliphatic rings. The van der Waals surface area contributed by atoms with Crippen molar-refractivity contribution in [2.24, 2.45) is 5.92 Å². The molecule has 2 fully saturated rings. The van der Waals surface area contributed by atoms with Gasteiger partial charge in [0, 0.05) is 6.54 Å². The molecule has 11 heteroatoms. The molecule has 2 N–H and O–H groups in total. The van der Waals surface area contributed by atoms with Crippen LogP contribution in [0.5, 0.6) is 0 Å². The van der Waals surface area contributed by atoms with Crippen LogP contribution in [0.3, 0.4) is 0 Å². The number of amides is 4. The third-order valence-electron chi connectivity index (χ3n) is 4.66. The largest absolute Gasteiger partial charge is 0.344 e. The molecular formula is C14H21N7O3S. The average Bonchev–Trinajstić information content (AvgIpc) is 3.14. The van der Waals surface area contributed by atoms with Gasteiger partial charge >= 0.3 is 6.03 Å². The smallest absolute Gasteiger partial charge is 0.322 e. The van der Waals surface area contributed by atoms with Gasteiger partial charge in [-0.1, -0.05) is 18.7 Å². The van der Waals surface area contributed by atoms with E-state index in [0.29, 0.717) is 30.5 Å². The van der Waals surface area contributed by atoms with Crippen molar-refractivity contribution in [3.63, 3.8) is 0 Å². The maximum atomic E-state index is 12.7. The van der Waals surface area contributed by atoms with E-state index in [-0.39, 0.29) is 11.7 Å². The summed E-state index contributed by atoms with van der Waals surface area (Å²) in [6, 6.07) is -0.573. The Hall–Kier alpha value is -2.17. The molecule has 0 aromatic carbocycles. The average molecular weight is 367 g/mol. The molecule has 136 valence electrons. The number of imide groups is 1. The number of hydrazine groups is 1. The number of aromatic nitrogens is 4. The summed E-state index contributed by atoms with van der Waals surface area (Å²) in [6.07, 6.45) is 2.96. The number of carbonyl (C=O) groups excluding carboxylic acids is 3. The highest BCUT2D eigenvalue weighted by Gasteiger charge is 2.52. The standard InChI is InChI=1S/C14H21N7O3S/c1-3-20-13(16-18-19-20)25-8-10(22)17-21-11(23)14(15-12(21)24)6-4-9(2)5-7-14/h9H,3-8H2,1-2H3,(H,15,24)(H,17,22). The molecule has 0 bridgehead atoms. The fourth-order valence-electron chi connectivity index (χ4n) is 3.10. The first-order chi connectivity index (χ1) is 11.9. The van der Waals surface area contributed by atoms with Crippen LogP contribution in [0.25, 0.3) is 0 Å². The first-order valence-corrected chi connectivity index (χ1v) is 9.29. The van der Waals surface area contributed by atoms with Crippen LogP contribution < -0.4 is 10.7 Å². The lowest BCUT2D eigenvalue weighted by molar-refractivity contribution is -0.139. The molecule has 3 rings (SSSR count). The lowest BCUT2D eigenvalue weighted by Gasteiger charge is -2.33. The maximum Gasteiger partial charge on any atom is 0.344 e. The van der Waals surface area contributed by atoms with Crippen LogP contribution in [0.15, 0.2) is 5.16 Å². The Morgan fingerprint density at radius 1 is 1.40 bits per heavy atom. The number of nitrogens with zero attached hydrogens (tertiary/aromatic N) is 5. The lowest BCUT2D eigenvalue weighted by atomic mass is 9.77. The van der Waals surface area contributed by atoms with Gasteiger partial charge in [0.05, 0.1) is 5.75 Å². The Bertz CT molecular complexity index is 684. The fraction of sp³-hybridized carbons (Fsp3) is 0.714. The second-order valence-electron chi connectivity index (χ2n) is 6.44. The van der Waals surface area contributed by atoms with E-state index in [1.807, 2.05) is 6.92 Å². The molecule has 10 nitrogen and oxygen atoms in total. The zero-order valence-electron chi connectivity index (χ0n) is 14.2. The van der Waals surface area contributed by atoms with Crippen molar-refractivity contribution < 1.29 is 14.4 Å². The summed E-state index contributed by atoms with van der Waals surface area (Å²) in [7, 11) is 0. The summed E-state index contributed by atoms with van der Waals surface area (Å²) in [4.78, 5) is 36.9. The third kappa shape index (κ3) is 3.46. The van der Waals surface area contributed by atoms with Crippen LogP contribution in [0.1, 0.15) is 39.5 Å². The minimum absolute atomic E-state index is 0.00146. The predicted molar refractivity (Wildman–Crippen MR) is 88.1 cm³/mol. The second kappa shape index (κ2) is 6.98. The number of carbonyl (C=O) groups is 3. The normalized spacial score (nSPS) is 26.2. The molecule has 25 heavy (non-hydrogen) atoms. The van der Waals surface area contributed by atoms with Crippen molar-refractivity contribution in [1.82, 2.24) is 36.0 Å². The first-order valence-electron chi connectivity index (χ1n) is 8.30. The van der Waals surface area contributed by atoms with E-state index in [1.54, 1.807) is 4.68 Å². The summed E-state index contributed by atoms with van der Waals surface area (Å²) in [6.45, 7) is 4.61. The molecule has 1 saturated heterocycles. The van der Waals surface area contributed by atoms with Gasteiger partial charge in [0.25, 0.3) is 5.91 Å². The number of tetrazole rings is 1. The number of rotatable bonds is 5. The molecule has 1 aromatic rings. The molecule has 1 aliphatic heterocycles. The van der Waals surface area contributed by atoms with Gasteiger partial charge < -0.3 is 5.32 Å². The van der Waals surface area contributed by atoms with E-state index >= 15 is 0 Å². The monoisotopic (exact) mass is 367 g/mol. The molecular weight excluding hydrogens is 346 g/mol. The van der Waals surface area contributed by atoms with Crippen LogP contribution in [-0.4, -0.2) is 54.4 Å². The number of aryl methyl sites for hydroxylation is 1. The van der Waals surface area contributed by atoms with E-state index in [2.05, 4.69) is 33.2 Å². The lowest BCUT2D eigenvalue weighted by Crippen LogP contribution is -2.51. The van der Waals surface area contributed by atoms with Crippen LogP contribution in [0.2, 0.25) is 0 Å². The Morgan fingerprint density at radius 3 is 2.80 bits per heavy atom. The highest BCUT2D eigenvalue weighted by atomic mass is 32.2. The summed E-state index contributed by atoms with van der Waals surface area (Å²) >= 11 is 1.14. The highest BCUT2D eigenvalue weighted by Crippen LogP contribution is 2.35. The minimum Gasteiger partial charge on any atom is -0.322 e. The third-order valence-corrected chi connectivity index (χ3v) is 5.61. The Morgan fingerprint density at radius 2 is 2.12 bits per heavy atom. The van der Waals surface area contributed by atoms with E-state index in [0.717, 1.165) is 29.6 Å². The first kappa shape index (κ1) is 17.6. The zero-order chi connectivity index (χ0) is 18.0. The van der Waals surface area contributed by atoms with E-state index in [4.69, 9.17) is 0 Å². The highest BCUT2D eigenvalue weighted by molar-refractivity contribution is 7.99. The van der Waals surface area contributed by atoms with Crippen LogP contribution in [0.4, 0.5) is 4.79 Å². The van der Waals surface area contributed by atoms with Crippen LogP contribution in [-0.2, 0) is 16.1 Å². The van der Waals surface area contributed by atoms with Crippen LogP contribution >= 0.6 is 11.8 Å². The van der Waals surface area contributed by atoms with Gasteiger partial charge in [-0.05, 0) is 49.0 Å². The van der Waals surface area contributed by atoms with Crippen molar-refractivity contribution in [1.29, 1.82) is 0 Å². The predicted octanol–water partition coefficient (Wildman–Crippen LogP) is 0.317. The molecule has 4 amide bonds. The number of hydrogen-bond acceptors (Lipinski definition) is 7. The van der Waals surface area contributed by atoms with Gasteiger partial charge in [0.1, 0.15) is 5.54 Å². The van der Waals surface area contributed by atoms with Crippen molar-refractivity contribution in [3.8, 4) is 0 Å². The second-order valence-corrected chi connectivity index (χ2v) is 7.38. The number of thioether (sulfide) groups is 1. The Labute approximate surface area is 149 Å². The van der Waals surface area contributed by atoms with Crippen molar-refractivity contribution >= 4 is 29.6 Å². The molecule has 2 heterocycles. The van der Waals surface area contributed by atoms with Gasteiger partial charge in [-0.3, -0.25) is 15.0 Å². The topological polar surface area (TPSA) is 122 Å². The molecule has 0 radical (unpaired) electrons. The maximum absolute atomic E-state index is 12.7. The number of hydrogen-bond donors (Lipinski definition) is 2. The van der Waals surface area contributed by atoms with Gasteiger partial charge in [-0.15, -0.1) is 5.10 Å². The Balaban J connectivity index is 1.58. The molecule has 0 atom stereocenters. The van der Waals surface area contributed by atoms with Gasteiger partial charge in [-0.2, -0.15) is 5.01 Å². The van der Waals surface area contributed by atoms with Gasteiger partial charge in [0.2, 0.25) is 11.1 Å². The van der Waals surface area contributed by atoms with E-state index in [9.17, 15) is 14.4 Å². The SMILES string of the molecule is CCn1nnnc1SCC(=O)NN1C(=O)NC2(CCC(C)CC2)C1=O. The summed E-state index contributed by atoms with van der Waals surface area (Å²) in [5, 5.41) is 15.2. The van der Waals surface area contributed by atoms with E-state index < -0.39 is 17.5 Å². The fourth-order valence-corrected chi connectivity index (χ4v) is 3.83. The molecule has 1 aliphatic carbocycles. The number of nitrogens with one attached hydrogen (secondary N) is 2. The van der Waals surface area contributed by atoms with Crippen molar-refractivity contribution in [2.45, 2.75) is 56.8 Å². The summed E-state index contributed by atoms with van der Waals surface area (Å²) in [5.74, 6) is -0.289. The molecule has 1 spiro atoms. The van der Waals surface area contributed by atoms with Crippen LogP contribution in [0, 0.1) is 5.92 Å². The van der Waals surface area contributed by atoms with E-state index in [1.165, 1.54) is 0 Å². The summed E-state index contributed by atoms with van der Waals surface area (Å²) < 4.78 is 1.56. The van der Waals surface area contributed by atoms with Gasteiger partial charge in [0.15, 0.2) is 0 Å². The molecule has 0 unspecified atom stereocenters. The number of urea groups is 1. The van der Waals surface area contributed by atoms with Crippen molar-refractivity contribution in [2.75, 3.05) is 5.75 Å². The quantitative estimate of drug-likeness (QED) is 0.567. The van der Waals surface area contributed by atoms with Crippen molar-refractivity contribution in [3.05, 3.63) is 0 Å².